The highest BCUT2D eigenvalue weighted by atomic mass is 16.7. The number of ether oxygens (including phenoxy) is 4. The second-order valence-corrected chi connectivity index (χ2v) is 13.9. The Bertz CT molecular complexity index is 1160. The van der Waals surface area contributed by atoms with Crippen LogP contribution in [0.4, 0.5) is 0 Å². The van der Waals surface area contributed by atoms with Gasteiger partial charge in [0.2, 0.25) is 11.8 Å². The van der Waals surface area contributed by atoms with Gasteiger partial charge in [0, 0.05) is 26.7 Å². The average molecular weight is 769 g/mol. The number of carboxylic acid groups (broad SMARTS) is 2. The van der Waals surface area contributed by atoms with Crippen LogP contribution in [0.15, 0.2) is 0 Å². The van der Waals surface area contributed by atoms with Crippen LogP contribution >= 0.6 is 0 Å². The Morgan fingerprint density at radius 3 is 1.57 bits per heavy atom. The molecule has 11 N–H and O–H groups in total. The van der Waals surface area contributed by atoms with Crippen molar-refractivity contribution in [2.24, 2.45) is 0 Å². The number of amides is 2. The molecule has 0 bridgehead atoms. The number of aliphatic carboxylic acids is 2. The molecule has 0 aliphatic carbocycles. The number of carbonyl (C=O) groups is 4. The summed E-state index contributed by atoms with van der Waals surface area (Å²) in [6.45, 7) is 1.91. The van der Waals surface area contributed by atoms with Crippen molar-refractivity contribution in [3.8, 4) is 0 Å². The van der Waals surface area contributed by atoms with Gasteiger partial charge in [-0.15, -0.1) is 0 Å². The minimum absolute atomic E-state index is 0.115. The summed E-state index contributed by atoms with van der Waals surface area (Å²) in [5.41, 5.74) is 0. The first-order chi connectivity index (χ1) is 25.0. The largest absolute Gasteiger partial charge is 0.477 e. The van der Waals surface area contributed by atoms with E-state index < -0.39 is 122 Å². The van der Waals surface area contributed by atoms with E-state index in [0.717, 1.165) is 39.5 Å². The third-order valence-electron chi connectivity index (χ3n) is 9.53. The molecule has 0 saturated carbocycles. The monoisotopic (exact) mass is 768 g/mol. The van der Waals surface area contributed by atoms with Gasteiger partial charge in [0.25, 0.3) is 11.6 Å². The van der Waals surface area contributed by atoms with Crippen molar-refractivity contribution >= 4 is 23.8 Å². The highest BCUT2D eigenvalue weighted by Gasteiger charge is 2.60. The molecule has 19 nitrogen and oxygen atoms in total. The third-order valence-corrected chi connectivity index (χ3v) is 9.53. The van der Waals surface area contributed by atoms with Gasteiger partial charge in [-0.05, 0) is 6.42 Å². The summed E-state index contributed by atoms with van der Waals surface area (Å²) in [6, 6.07) is -3.08. The summed E-state index contributed by atoms with van der Waals surface area (Å²) in [7, 11) is 0. The lowest BCUT2D eigenvalue weighted by molar-refractivity contribution is -0.345. The Labute approximate surface area is 308 Å². The zero-order chi connectivity index (χ0) is 39.9. The first-order valence-electron chi connectivity index (χ1n) is 18.3. The van der Waals surface area contributed by atoms with Crippen molar-refractivity contribution in [2.75, 3.05) is 19.8 Å². The molecule has 0 aromatic heterocycles. The van der Waals surface area contributed by atoms with E-state index in [1.54, 1.807) is 0 Å². The standard InChI is InChI=1S/C34H60N2O17/c1-4-5-6-7-8-9-10-11-12-13-14-50-33(31(46)47)15-21(41)26(36-20(3)40)30(52-33)28(45)24(18-38)51-34(32(48)49)16-22(42)25(35-19(2)39)29(53-34)27(44)23(43)17-37/h21-30,37-38,41-45H,4-18H2,1-3H3,(H,35,39)(H,36,40)(H,46,47)(H,48,49)/t21-,22-,23+,24+,25+,26+,27+,28+,29+,30+,33+,34+/m0/s1. The molecule has 53 heavy (non-hydrogen) atoms. The Hall–Kier alpha value is -2.56. The van der Waals surface area contributed by atoms with Gasteiger partial charge in [0.15, 0.2) is 0 Å². The van der Waals surface area contributed by atoms with Crippen LogP contribution in [-0.4, -0.2) is 162 Å². The van der Waals surface area contributed by atoms with Crippen molar-refractivity contribution in [1.29, 1.82) is 0 Å². The maximum absolute atomic E-state index is 12.7. The van der Waals surface area contributed by atoms with Crippen molar-refractivity contribution < 1.29 is 84.1 Å². The minimum atomic E-state index is -3.02. The predicted molar refractivity (Wildman–Crippen MR) is 182 cm³/mol. The highest BCUT2D eigenvalue weighted by Crippen LogP contribution is 2.38. The predicted octanol–water partition coefficient (Wildman–Crippen LogP) is -1.75. The van der Waals surface area contributed by atoms with E-state index in [1.165, 1.54) is 25.7 Å². The molecular weight excluding hydrogens is 708 g/mol. The second-order valence-electron chi connectivity index (χ2n) is 13.9. The van der Waals surface area contributed by atoms with Crippen LogP contribution in [0.1, 0.15) is 97.8 Å². The molecule has 2 aliphatic rings. The molecule has 12 atom stereocenters. The third kappa shape index (κ3) is 13.0. The van der Waals surface area contributed by atoms with Gasteiger partial charge in [-0.2, -0.15) is 0 Å². The number of carboxylic acids is 2. The molecule has 2 aliphatic heterocycles. The topological polar surface area (TPSA) is 311 Å². The maximum Gasteiger partial charge on any atom is 0.364 e. The molecule has 0 radical (unpaired) electrons. The molecule has 2 amide bonds. The highest BCUT2D eigenvalue weighted by molar-refractivity contribution is 5.77. The number of aliphatic hydroxyl groups excluding tert-OH is 7. The lowest BCUT2D eigenvalue weighted by atomic mass is 9.87. The van der Waals surface area contributed by atoms with Crippen LogP contribution in [-0.2, 0) is 38.1 Å². The fraction of sp³-hybridized carbons (Fsp3) is 0.882. The van der Waals surface area contributed by atoms with Gasteiger partial charge >= 0.3 is 11.9 Å². The van der Waals surface area contributed by atoms with E-state index in [9.17, 15) is 65.1 Å². The van der Waals surface area contributed by atoms with Crippen LogP contribution in [0.5, 0.6) is 0 Å². The summed E-state index contributed by atoms with van der Waals surface area (Å²) >= 11 is 0. The van der Waals surface area contributed by atoms with Crippen LogP contribution in [0.25, 0.3) is 0 Å². The zero-order valence-electron chi connectivity index (χ0n) is 30.7. The van der Waals surface area contributed by atoms with Gasteiger partial charge in [-0.1, -0.05) is 64.7 Å². The molecule has 2 fully saturated rings. The van der Waals surface area contributed by atoms with E-state index in [-0.39, 0.29) is 6.61 Å². The lowest BCUT2D eigenvalue weighted by Crippen LogP contribution is -2.70. The quantitative estimate of drug-likeness (QED) is 0.0485. The first-order valence-corrected chi connectivity index (χ1v) is 18.3. The van der Waals surface area contributed by atoms with Crippen molar-refractivity contribution in [3.63, 3.8) is 0 Å². The summed E-state index contributed by atoms with van der Waals surface area (Å²) < 4.78 is 22.7. The van der Waals surface area contributed by atoms with Crippen LogP contribution in [0.3, 0.4) is 0 Å². The normalized spacial score (nSPS) is 31.2. The number of hydrogen-bond donors (Lipinski definition) is 11. The number of aliphatic hydroxyl groups is 7. The molecule has 0 aromatic carbocycles. The average Bonchev–Trinajstić information content (AvgIpc) is 3.10. The number of hydrogen-bond acceptors (Lipinski definition) is 15. The van der Waals surface area contributed by atoms with Crippen LogP contribution in [0.2, 0.25) is 0 Å². The van der Waals surface area contributed by atoms with Gasteiger partial charge < -0.3 is 75.5 Å². The Morgan fingerprint density at radius 2 is 1.13 bits per heavy atom. The SMILES string of the molecule is CCCCCCCCCCCCO[C@]1(C(=O)O)C[C@H](O)[C@@H](NC(C)=O)[C@H]([C@H](O)[C@@H](CO)O[C@]2(C(=O)O)C[C@H](O)[C@@H](NC(C)=O)[C@H]([C@H](O)[C@H](O)CO)O2)O1. The Morgan fingerprint density at radius 1 is 0.698 bits per heavy atom. The van der Waals surface area contributed by atoms with Gasteiger partial charge in [0.1, 0.15) is 36.6 Å². The number of carbonyl (C=O) groups excluding carboxylic acids is 2. The van der Waals surface area contributed by atoms with Gasteiger partial charge in [-0.3, -0.25) is 9.59 Å². The fourth-order valence-corrected chi connectivity index (χ4v) is 6.70. The van der Waals surface area contributed by atoms with E-state index >= 15 is 0 Å². The summed E-state index contributed by atoms with van der Waals surface area (Å²) in [5.74, 6) is -10.7. The van der Waals surface area contributed by atoms with Gasteiger partial charge in [0.05, 0.1) is 44.1 Å². The molecule has 0 aromatic rings. The van der Waals surface area contributed by atoms with E-state index in [0.29, 0.717) is 12.8 Å². The molecule has 19 heteroatoms. The smallest absolute Gasteiger partial charge is 0.364 e. The number of rotatable bonds is 24. The molecule has 0 spiro atoms. The van der Waals surface area contributed by atoms with Crippen LogP contribution < -0.4 is 10.6 Å². The van der Waals surface area contributed by atoms with E-state index in [4.69, 9.17) is 18.9 Å². The molecule has 308 valence electrons. The van der Waals surface area contributed by atoms with Gasteiger partial charge in [-0.25, -0.2) is 9.59 Å². The van der Waals surface area contributed by atoms with E-state index in [2.05, 4.69) is 17.6 Å². The lowest BCUT2D eigenvalue weighted by Gasteiger charge is -2.49. The Kier molecular flexibility index (Phi) is 19.4. The molecule has 0 unspecified atom stereocenters. The maximum atomic E-state index is 12.7. The molecule has 2 rings (SSSR count). The fourth-order valence-electron chi connectivity index (χ4n) is 6.70. The molecule has 2 saturated heterocycles. The first kappa shape index (κ1) is 46.6. The summed E-state index contributed by atoms with van der Waals surface area (Å²) in [4.78, 5) is 49.3. The van der Waals surface area contributed by atoms with E-state index in [1.807, 2.05) is 0 Å². The van der Waals surface area contributed by atoms with Crippen molar-refractivity contribution in [3.05, 3.63) is 0 Å². The number of unbranched alkanes of at least 4 members (excludes halogenated alkanes) is 9. The zero-order valence-corrected chi connectivity index (χ0v) is 30.7. The second kappa shape index (κ2) is 22.1. The molecule has 2 heterocycles. The van der Waals surface area contributed by atoms with Crippen molar-refractivity contribution in [2.45, 2.75) is 170 Å². The van der Waals surface area contributed by atoms with Crippen LogP contribution in [0, 0.1) is 0 Å². The minimum Gasteiger partial charge on any atom is -0.477 e. The van der Waals surface area contributed by atoms with Crippen molar-refractivity contribution in [1.82, 2.24) is 10.6 Å². The summed E-state index contributed by atoms with van der Waals surface area (Å²) in [6.07, 6.45) is -7.49. The summed E-state index contributed by atoms with van der Waals surface area (Å²) in [5, 5.41) is 99.3. The molecular formula is C34H60N2O17. The number of nitrogens with one attached hydrogen (secondary N) is 2. The Balaban J connectivity index is 2.32.